The zero-order valence-electron chi connectivity index (χ0n) is 11.2. The summed E-state index contributed by atoms with van der Waals surface area (Å²) in [4.78, 5) is 15.0. The van der Waals surface area contributed by atoms with E-state index in [0.717, 1.165) is 16.7 Å². The number of aromatic amines is 1. The minimum atomic E-state index is -0.182. The van der Waals surface area contributed by atoms with E-state index in [0.29, 0.717) is 11.5 Å². The molecular formula is C15H14N2O3. The fourth-order valence-corrected chi connectivity index (χ4v) is 2.28. The smallest absolute Gasteiger partial charge is 0.331 e. The third-order valence-electron chi connectivity index (χ3n) is 3.21. The van der Waals surface area contributed by atoms with Crippen molar-refractivity contribution in [2.24, 2.45) is 0 Å². The van der Waals surface area contributed by atoms with Crippen LogP contribution >= 0.6 is 0 Å². The summed E-state index contributed by atoms with van der Waals surface area (Å²) in [6.45, 7) is 0. The van der Waals surface area contributed by atoms with Gasteiger partial charge in [0.1, 0.15) is 0 Å². The second-order valence-electron chi connectivity index (χ2n) is 4.32. The van der Waals surface area contributed by atoms with Crippen LogP contribution in [0, 0.1) is 0 Å². The average Bonchev–Trinajstić information content (AvgIpc) is 2.82. The van der Waals surface area contributed by atoms with Crippen molar-refractivity contribution in [1.29, 1.82) is 0 Å². The van der Waals surface area contributed by atoms with Gasteiger partial charge in [-0.2, -0.15) is 0 Å². The molecule has 0 fully saturated rings. The van der Waals surface area contributed by atoms with Gasteiger partial charge >= 0.3 is 5.69 Å². The SMILES string of the molecule is COc1ccc(-n2c(=O)[nH]c3ccccc32)cc1OC. The Labute approximate surface area is 115 Å². The average molecular weight is 270 g/mol. The highest BCUT2D eigenvalue weighted by Gasteiger charge is 2.11. The lowest BCUT2D eigenvalue weighted by molar-refractivity contribution is 0.355. The fraction of sp³-hybridized carbons (Fsp3) is 0.133. The molecule has 0 aliphatic carbocycles. The van der Waals surface area contributed by atoms with E-state index in [2.05, 4.69) is 4.98 Å². The van der Waals surface area contributed by atoms with Crippen molar-refractivity contribution in [2.45, 2.75) is 0 Å². The van der Waals surface area contributed by atoms with Gasteiger partial charge in [0.05, 0.1) is 30.9 Å². The summed E-state index contributed by atoms with van der Waals surface area (Å²) in [5.74, 6) is 1.21. The van der Waals surface area contributed by atoms with Crippen LogP contribution in [0.5, 0.6) is 11.5 Å². The van der Waals surface area contributed by atoms with E-state index in [-0.39, 0.29) is 5.69 Å². The van der Waals surface area contributed by atoms with Crippen molar-refractivity contribution in [3.8, 4) is 17.2 Å². The highest BCUT2D eigenvalue weighted by molar-refractivity contribution is 5.77. The molecule has 0 aliphatic rings. The zero-order valence-corrected chi connectivity index (χ0v) is 11.2. The van der Waals surface area contributed by atoms with Crippen molar-refractivity contribution in [1.82, 2.24) is 9.55 Å². The van der Waals surface area contributed by atoms with Gasteiger partial charge < -0.3 is 14.5 Å². The summed E-state index contributed by atoms with van der Waals surface area (Å²) < 4.78 is 12.1. The van der Waals surface area contributed by atoms with Crippen LogP contribution in [0.25, 0.3) is 16.7 Å². The number of nitrogens with zero attached hydrogens (tertiary/aromatic N) is 1. The molecule has 0 saturated heterocycles. The second kappa shape index (κ2) is 4.77. The van der Waals surface area contributed by atoms with Crippen molar-refractivity contribution in [3.05, 3.63) is 52.9 Å². The van der Waals surface area contributed by atoms with Gasteiger partial charge in [-0.25, -0.2) is 4.79 Å². The number of methoxy groups -OCH3 is 2. The first-order chi connectivity index (χ1) is 9.74. The van der Waals surface area contributed by atoms with E-state index in [9.17, 15) is 4.79 Å². The fourth-order valence-electron chi connectivity index (χ4n) is 2.28. The van der Waals surface area contributed by atoms with Gasteiger partial charge in [-0.05, 0) is 24.3 Å². The maximum Gasteiger partial charge on any atom is 0.331 e. The lowest BCUT2D eigenvalue weighted by Crippen LogP contribution is -2.14. The van der Waals surface area contributed by atoms with Gasteiger partial charge in [0.15, 0.2) is 11.5 Å². The van der Waals surface area contributed by atoms with Gasteiger partial charge in [0.2, 0.25) is 0 Å². The predicted octanol–water partition coefficient (Wildman–Crippen LogP) is 2.34. The number of hydrogen-bond donors (Lipinski definition) is 1. The quantitative estimate of drug-likeness (QED) is 0.794. The van der Waals surface area contributed by atoms with Crippen molar-refractivity contribution < 1.29 is 9.47 Å². The molecule has 1 N–H and O–H groups in total. The van der Waals surface area contributed by atoms with Crippen LogP contribution in [-0.4, -0.2) is 23.8 Å². The third-order valence-corrected chi connectivity index (χ3v) is 3.21. The van der Waals surface area contributed by atoms with Crippen LogP contribution in [0.1, 0.15) is 0 Å². The summed E-state index contributed by atoms with van der Waals surface area (Å²) in [6, 6.07) is 12.9. The maximum absolute atomic E-state index is 12.1. The lowest BCUT2D eigenvalue weighted by atomic mass is 10.2. The number of rotatable bonds is 3. The second-order valence-corrected chi connectivity index (χ2v) is 4.32. The van der Waals surface area contributed by atoms with Crippen LogP contribution in [0.3, 0.4) is 0 Å². The lowest BCUT2D eigenvalue weighted by Gasteiger charge is -2.10. The number of para-hydroxylation sites is 2. The van der Waals surface area contributed by atoms with Crippen molar-refractivity contribution >= 4 is 11.0 Å². The van der Waals surface area contributed by atoms with E-state index in [1.807, 2.05) is 30.3 Å². The Hall–Kier alpha value is -2.69. The van der Waals surface area contributed by atoms with E-state index >= 15 is 0 Å². The molecule has 0 unspecified atom stereocenters. The van der Waals surface area contributed by atoms with Crippen LogP contribution in [0.2, 0.25) is 0 Å². The molecule has 0 bridgehead atoms. The zero-order chi connectivity index (χ0) is 14.1. The largest absolute Gasteiger partial charge is 0.493 e. The predicted molar refractivity (Wildman–Crippen MR) is 77.0 cm³/mol. The molecule has 1 aromatic heterocycles. The molecule has 0 saturated carbocycles. The summed E-state index contributed by atoms with van der Waals surface area (Å²) in [5, 5.41) is 0. The Morgan fingerprint density at radius 2 is 1.75 bits per heavy atom. The Balaban J connectivity index is 2.26. The van der Waals surface area contributed by atoms with E-state index in [1.54, 1.807) is 30.9 Å². The van der Waals surface area contributed by atoms with E-state index < -0.39 is 0 Å². The first kappa shape index (κ1) is 12.3. The van der Waals surface area contributed by atoms with Crippen LogP contribution in [0.15, 0.2) is 47.3 Å². The molecular weight excluding hydrogens is 256 g/mol. The first-order valence-corrected chi connectivity index (χ1v) is 6.17. The van der Waals surface area contributed by atoms with Crippen molar-refractivity contribution in [3.63, 3.8) is 0 Å². The summed E-state index contributed by atoms with van der Waals surface area (Å²) in [6.07, 6.45) is 0. The number of ether oxygens (including phenoxy) is 2. The van der Waals surface area contributed by atoms with Gasteiger partial charge in [0.25, 0.3) is 0 Å². The Bertz CT molecular complexity index is 817. The van der Waals surface area contributed by atoms with Gasteiger partial charge in [-0.3, -0.25) is 4.57 Å². The summed E-state index contributed by atoms with van der Waals surface area (Å²) in [7, 11) is 3.15. The highest BCUT2D eigenvalue weighted by Crippen LogP contribution is 2.29. The molecule has 3 aromatic rings. The van der Waals surface area contributed by atoms with E-state index in [1.165, 1.54) is 0 Å². The molecule has 0 spiro atoms. The number of fused-ring (bicyclic) bond motifs is 1. The number of hydrogen-bond acceptors (Lipinski definition) is 3. The summed E-state index contributed by atoms with van der Waals surface area (Å²) in [5.41, 5.74) is 2.17. The first-order valence-electron chi connectivity index (χ1n) is 6.17. The normalized spacial score (nSPS) is 10.7. The molecule has 0 radical (unpaired) electrons. The maximum atomic E-state index is 12.1. The van der Waals surface area contributed by atoms with Crippen LogP contribution in [-0.2, 0) is 0 Å². The molecule has 5 heteroatoms. The van der Waals surface area contributed by atoms with Gasteiger partial charge in [0, 0.05) is 6.07 Å². The van der Waals surface area contributed by atoms with Gasteiger partial charge in [-0.1, -0.05) is 12.1 Å². The molecule has 20 heavy (non-hydrogen) atoms. The standard InChI is InChI=1S/C15H14N2O3/c1-19-13-8-7-10(9-14(13)20-2)17-12-6-4-3-5-11(12)16-15(17)18/h3-9H,1-2H3,(H,16,18). The minimum absolute atomic E-state index is 0.182. The Morgan fingerprint density at radius 3 is 2.50 bits per heavy atom. The molecule has 2 aromatic carbocycles. The Kier molecular flexibility index (Phi) is 2.95. The number of H-pyrrole nitrogens is 1. The monoisotopic (exact) mass is 270 g/mol. The number of benzene rings is 2. The number of nitrogens with one attached hydrogen (secondary N) is 1. The number of aromatic nitrogens is 2. The third kappa shape index (κ3) is 1.84. The molecule has 1 heterocycles. The van der Waals surface area contributed by atoms with Crippen LogP contribution < -0.4 is 15.2 Å². The summed E-state index contributed by atoms with van der Waals surface area (Å²) >= 11 is 0. The van der Waals surface area contributed by atoms with E-state index in [4.69, 9.17) is 9.47 Å². The molecule has 0 aliphatic heterocycles. The number of imidazole rings is 1. The molecule has 5 nitrogen and oxygen atoms in total. The Morgan fingerprint density at radius 1 is 1.00 bits per heavy atom. The van der Waals surface area contributed by atoms with Crippen LogP contribution in [0.4, 0.5) is 0 Å². The minimum Gasteiger partial charge on any atom is -0.493 e. The molecule has 0 amide bonds. The topological polar surface area (TPSA) is 56.2 Å². The highest BCUT2D eigenvalue weighted by atomic mass is 16.5. The molecule has 0 atom stereocenters. The molecule has 3 rings (SSSR count). The molecule has 102 valence electrons. The van der Waals surface area contributed by atoms with Crippen molar-refractivity contribution in [2.75, 3.05) is 14.2 Å². The van der Waals surface area contributed by atoms with Gasteiger partial charge in [-0.15, -0.1) is 0 Å².